The van der Waals surface area contributed by atoms with Crippen LogP contribution in [0.15, 0.2) is 34.5 Å². The van der Waals surface area contributed by atoms with Gasteiger partial charge in [0.15, 0.2) is 11.0 Å². The molecule has 4 N–H and O–H groups in total. The van der Waals surface area contributed by atoms with Gasteiger partial charge in [-0.1, -0.05) is 26.7 Å². The Morgan fingerprint density at radius 2 is 1.97 bits per heavy atom. The van der Waals surface area contributed by atoms with Gasteiger partial charge < -0.3 is 16.0 Å². The molecule has 3 amide bonds. The first kappa shape index (κ1) is 30.7. The van der Waals surface area contributed by atoms with E-state index in [0.29, 0.717) is 30.0 Å². The molecule has 1 aromatic carbocycles. The van der Waals surface area contributed by atoms with Crippen molar-refractivity contribution in [1.29, 1.82) is 0 Å². The summed E-state index contributed by atoms with van der Waals surface area (Å²) in [5.41, 5.74) is 6.40. The van der Waals surface area contributed by atoms with Crippen LogP contribution in [0.5, 0.6) is 0 Å². The largest absolute Gasteiger partial charge is 0.399 e. The van der Waals surface area contributed by atoms with E-state index in [9.17, 15) is 18.6 Å². The van der Waals surface area contributed by atoms with Crippen molar-refractivity contribution in [2.75, 3.05) is 32.9 Å². The predicted molar refractivity (Wildman–Crippen MR) is 154 cm³/mol. The zero-order chi connectivity index (χ0) is 28.5. The van der Waals surface area contributed by atoms with Crippen molar-refractivity contribution in [3.05, 3.63) is 40.3 Å². The second-order valence-corrected chi connectivity index (χ2v) is 12.3. The van der Waals surface area contributed by atoms with Crippen LogP contribution in [0.1, 0.15) is 61.4 Å². The minimum atomic E-state index is -1.71. The number of hydrogen-bond acceptors (Lipinski definition) is 8. The highest BCUT2D eigenvalue weighted by molar-refractivity contribution is 7.83. The van der Waals surface area contributed by atoms with Crippen LogP contribution >= 0.6 is 11.3 Å². The van der Waals surface area contributed by atoms with Crippen molar-refractivity contribution in [1.82, 2.24) is 24.8 Å². The fourth-order valence-electron chi connectivity index (χ4n) is 4.47. The highest BCUT2D eigenvalue weighted by Gasteiger charge is 2.33. The average molecular weight is 577 g/mol. The minimum absolute atomic E-state index is 0.0108. The Hall–Kier alpha value is -2.83. The topological polar surface area (TPSA) is 138 Å². The van der Waals surface area contributed by atoms with Gasteiger partial charge in [-0.15, -0.1) is 11.3 Å². The first-order valence-electron chi connectivity index (χ1n) is 13.4. The molecule has 1 aliphatic heterocycles. The molecule has 1 aromatic heterocycles. The highest BCUT2D eigenvalue weighted by atomic mass is 32.2. The number of likely N-dealkylation sites (N-methyl/N-ethyl adjacent to an activating group) is 2. The number of nitrogens with two attached hydrogens (primary N) is 1. The molecule has 0 radical (unpaired) electrons. The lowest BCUT2D eigenvalue weighted by molar-refractivity contribution is -0.138. The van der Waals surface area contributed by atoms with Gasteiger partial charge >= 0.3 is 0 Å². The van der Waals surface area contributed by atoms with Gasteiger partial charge in [0, 0.05) is 31.1 Å². The smallest absolute Gasteiger partial charge is 0.282 e. The first-order valence-corrected chi connectivity index (χ1v) is 15.4. The molecule has 0 saturated carbocycles. The van der Waals surface area contributed by atoms with E-state index in [0.717, 1.165) is 37.2 Å². The summed E-state index contributed by atoms with van der Waals surface area (Å²) in [5, 5.41) is 5.44. The van der Waals surface area contributed by atoms with Crippen molar-refractivity contribution in [2.45, 2.75) is 69.4 Å². The number of nitrogen functional groups attached to an aromatic ring is 1. The Bertz CT molecular complexity index is 1160. The molecule has 0 spiro atoms. The van der Waals surface area contributed by atoms with Crippen molar-refractivity contribution >= 4 is 45.7 Å². The molecule has 3 rings (SSSR count). The summed E-state index contributed by atoms with van der Waals surface area (Å²) in [4.78, 5) is 47.4. The lowest BCUT2D eigenvalue weighted by Gasteiger charge is -2.34. The number of rotatable bonds is 12. The second kappa shape index (κ2) is 14.5. The summed E-state index contributed by atoms with van der Waals surface area (Å²) in [5.74, 6) is -0.678. The number of carbonyl (C=O) groups is 3. The molecule has 4 unspecified atom stereocenters. The number of amides is 3. The number of anilines is 1. The molecule has 1 saturated heterocycles. The third-order valence-corrected chi connectivity index (χ3v) is 9.15. The number of aromatic nitrogens is 1. The number of nitrogens with one attached hydrogen (secondary N) is 2. The Morgan fingerprint density at radius 1 is 1.26 bits per heavy atom. The number of hydrogen-bond donors (Lipinski definition) is 3. The second-order valence-electron chi connectivity index (χ2n) is 10.1. The number of aryl methyl sites for hydroxylation is 1. The fourth-order valence-corrected chi connectivity index (χ4v) is 6.07. The molecule has 1 fully saturated rings. The van der Waals surface area contributed by atoms with E-state index in [4.69, 9.17) is 5.73 Å². The van der Waals surface area contributed by atoms with E-state index < -0.39 is 22.9 Å². The van der Waals surface area contributed by atoms with Gasteiger partial charge in [0.2, 0.25) is 11.8 Å². The maximum absolute atomic E-state index is 13.3. The van der Waals surface area contributed by atoms with Gasteiger partial charge in [-0.3, -0.25) is 24.0 Å². The average Bonchev–Trinajstić information content (AvgIpc) is 3.40. The fraction of sp³-hybridized carbons (Fsp3) is 0.556. The Balaban J connectivity index is 1.50. The predicted octanol–water partition coefficient (Wildman–Crippen LogP) is 2.58. The quantitative estimate of drug-likeness (QED) is 0.330. The Morgan fingerprint density at radius 3 is 2.64 bits per heavy atom. The molecule has 1 aliphatic rings. The van der Waals surface area contributed by atoms with Crippen molar-refractivity contribution in [3.8, 4) is 0 Å². The maximum atomic E-state index is 13.3. The zero-order valence-corrected chi connectivity index (χ0v) is 24.8. The van der Waals surface area contributed by atoms with E-state index in [1.54, 1.807) is 41.6 Å². The van der Waals surface area contributed by atoms with Crippen LogP contribution in [0.2, 0.25) is 0 Å². The summed E-state index contributed by atoms with van der Waals surface area (Å²) < 4.78 is 14.9. The Kier molecular flexibility index (Phi) is 11.4. The molecule has 2 heterocycles. The van der Waals surface area contributed by atoms with E-state index >= 15 is 0 Å². The lowest BCUT2D eigenvalue weighted by Crippen LogP contribution is -2.56. The summed E-state index contributed by atoms with van der Waals surface area (Å²) in [6, 6.07) is 5.68. The summed E-state index contributed by atoms with van der Waals surface area (Å²) in [6.07, 6.45) is 4.93. The van der Waals surface area contributed by atoms with Crippen LogP contribution in [-0.4, -0.2) is 76.0 Å². The van der Waals surface area contributed by atoms with Crippen LogP contribution in [0.25, 0.3) is 0 Å². The molecule has 0 bridgehead atoms. The van der Waals surface area contributed by atoms with Gasteiger partial charge in [-0.05, 0) is 63.0 Å². The van der Waals surface area contributed by atoms with Gasteiger partial charge in [0.1, 0.15) is 11.7 Å². The van der Waals surface area contributed by atoms with Crippen LogP contribution in [0, 0.1) is 5.92 Å². The van der Waals surface area contributed by atoms with Crippen molar-refractivity contribution < 1.29 is 18.6 Å². The first-order chi connectivity index (χ1) is 18.6. The molecule has 10 nitrogen and oxygen atoms in total. The SMILES string of the molecule is CCC(C)C(NC(=O)C1CCCCN1C)C(=O)N(C)CCCc1nc(C(=O)NS(=O)c2ccc(N)cc2)cs1. The van der Waals surface area contributed by atoms with Gasteiger partial charge in [-0.25, -0.2) is 9.19 Å². The number of thiazole rings is 1. The summed E-state index contributed by atoms with van der Waals surface area (Å²) in [6.45, 7) is 5.39. The molecule has 0 aliphatic carbocycles. The van der Waals surface area contributed by atoms with Crippen LogP contribution < -0.4 is 15.8 Å². The highest BCUT2D eigenvalue weighted by Crippen LogP contribution is 2.18. The third-order valence-electron chi connectivity index (χ3n) is 7.17. The number of benzene rings is 1. The van der Waals surface area contributed by atoms with Crippen molar-refractivity contribution in [3.63, 3.8) is 0 Å². The number of likely N-dealkylation sites (tertiary alicyclic amines) is 1. The third kappa shape index (κ3) is 8.58. The van der Waals surface area contributed by atoms with E-state index in [1.165, 1.54) is 11.3 Å². The molecule has 12 heteroatoms. The van der Waals surface area contributed by atoms with E-state index in [-0.39, 0.29) is 29.5 Å². The lowest BCUT2D eigenvalue weighted by atomic mass is 9.96. The Labute approximate surface area is 237 Å². The molecule has 2 aromatic rings. The summed E-state index contributed by atoms with van der Waals surface area (Å²) in [7, 11) is 2.00. The number of piperidine rings is 1. The van der Waals surface area contributed by atoms with Gasteiger partial charge in [-0.2, -0.15) is 0 Å². The maximum Gasteiger partial charge on any atom is 0.282 e. The summed E-state index contributed by atoms with van der Waals surface area (Å²) >= 11 is 1.35. The molecule has 4 atom stereocenters. The van der Waals surface area contributed by atoms with E-state index in [2.05, 4.69) is 19.9 Å². The number of carbonyl (C=O) groups excluding carboxylic acids is 3. The zero-order valence-electron chi connectivity index (χ0n) is 23.1. The van der Waals surface area contributed by atoms with Gasteiger partial charge in [0.05, 0.1) is 15.9 Å². The normalized spacial score (nSPS) is 18.1. The minimum Gasteiger partial charge on any atom is -0.399 e. The molecular formula is C27H40N6O4S2. The van der Waals surface area contributed by atoms with Crippen LogP contribution in [0.3, 0.4) is 0 Å². The van der Waals surface area contributed by atoms with Crippen LogP contribution in [0.4, 0.5) is 5.69 Å². The van der Waals surface area contributed by atoms with Crippen LogP contribution in [-0.2, 0) is 27.0 Å². The van der Waals surface area contributed by atoms with E-state index in [1.807, 2.05) is 20.9 Å². The number of nitrogens with zero attached hydrogens (tertiary/aromatic N) is 3. The molecule has 214 valence electrons. The molecular weight excluding hydrogens is 536 g/mol. The van der Waals surface area contributed by atoms with Crippen molar-refractivity contribution in [2.24, 2.45) is 5.92 Å². The monoisotopic (exact) mass is 576 g/mol. The van der Waals surface area contributed by atoms with Gasteiger partial charge in [0.25, 0.3) is 5.91 Å². The molecule has 39 heavy (non-hydrogen) atoms. The standard InChI is InChI=1S/C27H40N6O4S2/c1-5-18(2)24(30-26(35)22-9-6-7-15-32(22)3)27(36)33(4)16-8-10-23-29-21(17-38-23)25(34)31-39(37)20-13-11-19(28)12-14-20/h11-14,17-18,22,24H,5-10,15-16,28H2,1-4H3,(H,30,35)(H,31,34).